The molecule has 0 aliphatic heterocycles. The molecule has 1 amide bonds. The summed E-state index contributed by atoms with van der Waals surface area (Å²) in [6.07, 6.45) is 0.837. The molecule has 0 unspecified atom stereocenters. The molecule has 134 valence electrons. The number of carbonyl (C=O) groups is 1. The summed E-state index contributed by atoms with van der Waals surface area (Å²) in [5, 5.41) is 13.3. The van der Waals surface area contributed by atoms with Gasteiger partial charge < -0.3 is 14.8 Å². The third kappa shape index (κ3) is 3.49. The van der Waals surface area contributed by atoms with Gasteiger partial charge in [-0.25, -0.2) is 0 Å². The molecule has 0 saturated heterocycles. The van der Waals surface area contributed by atoms with Crippen molar-refractivity contribution in [1.82, 2.24) is 0 Å². The first-order chi connectivity index (χ1) is 11.7. The molecular formula is C21H27NO3. The number of carbonyl (C=O) groups excluding carboxylic acids is 1. The fourth-order valence-corrected chi connectivity index (χ4v) is 3.64. The molecule has 1 aliphatic carbocycles. The number of benzene rings is 1. The molecule has 0 fully saturated rings. The Balaban J connectivity index is 1.84. The second-order valence-corrected chi connectivity index (χ2v) is 8.18. The van der Waals surface area contributed by atoms with Crippen molar-refractivity contribution in [1.29, 1.82) is 0 Å². The van der Waals surface area contributed by atoms with E-state index in [1.54, 1.807) is 0 Å². The number of aliphatic hydroxyl groups excluding tert-OH is 1. The number of hydrogen-bond donors (Lipinski definition) is 2. The van der Waals surface area contributed by atoms with E-state index < -0.39 is 6.10 Å². The summed E-state index contributed by atoms with van der Waals surface area (Å²) in [5.41, 5.74) is 3.47. The van der Waals surface area contributed by atoms with Crippen LogP contribution in [-0.2, 0) is 6.42 Å². The molecule has 1 aliphatic rings. The van der Waals surface area contributed by atoms with E-state index in [1.807, 2.05) is 31.2 Å². The molecule has 4 nitrogen and oxygen atoms in total. The van der Waals surface area contributed by atoms with Crippen molar-refractivity contribution in [2.45, 2.75) is 59.5 Å². The molecule has 2 aromatic rings. The topological polar surface area (TPSA) is 62.5 Å². The molecule has 0 radical (unpaired) electrons. The van der Waals surface area contributed by atoms with E-state index in [1.165, 1.54) is 5.56 Å². The molecule has 0 saturated carbocycles. The van der Waals surface area contributed by atoms with Gasteiger partial charge in [0.25, 0.3) is 5.91 Å². The SMILES string of the molecule is Cc1c(C(=O)Nc2ccc(C(C)C)cc2)oc2c1[C@H](O)CC(C)(C)C2. The first-order valence-electron chi connectivity index (χ1n) is 8.89. The van der Waals surface area contributed by atoms with E-state index in [9.17, 15) is 9.90 Å². The van der Waals surface area contributed by atoms with Crippen LogP contribution >= 0.6 is 0 Å². The van der Waals surface area contributed by atoms with Crippen LogP contribution < -0.4 is 5.32 Å². The number of aliphatic hydroxyl groups is 1. The van der Waals surface area contributed by atoms with Gasteiger partial charge in [0.05, 0.1) is 6.10 Å². The minimum Gasteiger partial charge on any atom is -0.455 e. The number of anilines is 1. The molecule has 1 aromatic heterocycles. The summed E-state index contributed by atoms with van der Waals surface area (Å²) in [4.78, 5) is 12.7. The summed E-state index contributed by atoms with van der Waals surface area (Å²) >= 11 is 0. The number of nitrogens with one attached hydrogen (secondary N) is 1. The molecule has 4 heteroatoms. The van der Waals surface area contributed by atoms with Crippen LogP contribution in [0.2, 0.25) is 0 Å². The Kier molecular flexibility index (Phi) is 4.50. The van der Waals surface area contributed by atoms with Gasteiger partial charge >= 0.3 is 0 Å². The summed E-state index contributed by atoms with van der Waals surface area (Å²) in [6.45, 7) is 10.3. The second-order valence-electron chi connectivity index (χ2n) is 8.18. The van der Waals surface area contributed by atoms with Crippen molar-refractivity contribution in [3.05, 3.63) is 52.5 Å². The number of amides is 1. The molecular weight excluding hydrogens is 314 g/mol. The lowest BCUT2D eigenvalue weighted by molar-refractivity contribution is 0.0910. The zero-order valence-corrected chi connectivity index (χ0v) is 15.6. The van der Waals surface area contributed by atoms with Gasteiger partial charge in [0.1, 0.15) is 5.76 Å². The van der Waals surface area contributed by atoms with Gasteiger partial charge in [-0.15, -0.1) is 0 Å². The quantitative estimate of drug-likeness (QED) is 0.828. The zero-order chi connectivity index (χ0) is 18.4. The number of hydrogen-bond acceptors (Lipinski definition) is 3. The average molecular weight is 341 g/mol. The Hall–Kier alpha value is -2.07. The fourth-order valence-electron chi connectivity index (χ4n) is 3.64. The lowest BCUT2D eigenvalue weighted by Crippen LogP contribution is -2.24. The Bertz CT molecular complexity index is 784. The van der Waals surface area contributed by atoms with Crippen molar-refractivity contribution in [2.24, 2.45) is 5.41 Å². The van der Waals surface area contributed by atoms with Crippen molar-refractivity contribution >= 4 is 11.6 Å². The largest absolute Gasteiger partial charge is 0.455 e. The monoisotopic (exact) mass is 341 g/mol. The third-order valence-electron chi connectivity index (χ3n) is 5.03. The van der Waals surface area contributed by atoms with Crippen LogP contribution in [-0.4, -0.2) is 11.0 Å². The lowest BCUT2D eigenvalue weighted by Gasteiger charge is -2.31. The number of rotatable bonds is 3. The highest BCUT2D eigenvalue weighted by atomic mass is 16.4. The van der Waals surface area contributed by atoms with Crippen LogP contribution in [0.25, 0.3) is 0 Å². The predicted octanol–water partition coefficient (Wildman–Crippen LogP) is 4.97. The van der Waals surface area contributed by atoms with E-state index >= 15 is 0 Å². The minimum absolute atomic E-state index is 0.0306. The van der Waals surface area contributed by atoms with E-state index in [4.69, 9.17) is 4.42 Å². The maximum atomic E-state index is 12.7. The van der Waals surface area contributed by atoms with Crippen LogP contribution in [0.15, 0.2) is 28.7 Å². The minimum atomic E-state index is -0.575. The second kappa shape index (κ2) is 6.34. The zero-order valence-electron chi connectivity index (χ0n) is 15.6. The van der Waals surface area contributed by atoms with Crippen LogP contribution in [0.3, 0.4) is 0 Å². The highest BCUT2D eigenvalue weighted by Gasteiger charge is 2.37. The van der Waals surface area contributed by atoms with Gasteiger partial charge in [0, 0.05) is 23.2 Å². The Morgan fingerprint density at radius 1 is 1.28 bits per heavy atom. The first-order valence-corrected chi connectivity index (χ1v) is 8.89. The van der Waals surface area contributed by atoms with Crippen molar-refractivity contribution in [3.8, 4) is 0 Å². The highest BCUT2D eigenvalue weighted by molar-refractivity contribution is 6.03. The summed E-state index contributed by atoms with van der Waals surface area (Å²) in [6, 6.07) is 7.85. The number of furan rings is 1. The molecule has 25 heavy (non-hydrogen) atoms. The van der Waals surface area contributed by atoms with E-state index in [0.29, 0.717) is 18.1 Å². The van der Waals surface area contributed by atoms with Gasteiger partial charge in [-0.2, -0.15) is 0 Å². The third-order valence-corrected chi connectivity index (χ3v) is 5.03. The fraction of sp³-hybridized carbons (Fsp3) is 0.476. The van der Waals surface area contributed by atoms with Gasteiger partial charge in [0.15, 0.2) is 5.76 Å². The van der Waals surface area contributed by atoms with E-state index in [-0.39, 0.29) is 11.3 Å². The number of fused-ring (bicyclic) bond motifs is 1. The van der Waals surface area contributed by atoms with Crippen molar-refractivity contribution in [3.63, 3.8) is 0 Å². The molecule has 3 rings (SSSR count). The van der Waals surface area contributed by atoms with E-state index in [0.717, 1.165) is 29.0 Å². The molecule has 0 spiro atoms. The summed E-state index contributed by atoms with van der Waals surface area (Å²) in [7, 11) is 0. The maximum absolute atomic E-state index is 12.7. The molecule has 0 bridgehead atoms. The van der Waals surface area contributed by atoms with Crippen molar-refractivity contribution < 1.29 is 14.3 Å². The van der Waals surface area contributed by atoms with Crippen LogP contribution in [0.1, 0.15) is 79.1 Å². The standard InChI is InChI=1S/C21H27NO3/c1-12(2)14-6-8-15(9-7-14)22-20(24)19-13(3)18-16(23)10-21(4,5)11-17(18)25-19/h6-9,12,16,23H,10-11H2,1-5H3,(H,22,24)/t16-/m1/s1. The first kappa shape index (κ1) is 17.7. The normalized spacial score (nSPS) is 18.9. The smallest absolute Gasteiger partial charge is 0.291 e. The summed E-state index contributed by atoms with van der Waals surface area (Å²) in [5.74, 6) is 1.22. The molecule has 1 atom stereocenters. The van der Waals surface area contributed by atoms with Crippen LogP contribution in [0.4, 0.5) is 5.69 Å². The van der Waals surface area contributed by atoms with Crippen molar-refractivity contribution in [2.75, 3.05) is 5.32 Å². The lowest BCUT2D eigenvalue weighted by atomic mass is 9.75. The Labute approximate surface area is 149 Å². The van der Waals surface area contributed by atoms with Gasteiger partial charge in [0.2, 0.25) is 0 Å². The Morgan fingerprint density at radius 3 is 2.52 bits per heavy atom. The average Bonchev–Trinajstić information content (AvgIpc) is 2.83. The Morgan fingerprint density at radius 2 is 1.92 bits per heavy atom. The maximum Gasteiger partial charge on any atom is 0.291 e. The van der Waals surface area contributed by atoms with Gasteiger partial charge in [-0.3, -0.25) is 4.79 Å². The van der Waals surface area contributed by atoms with E-state index in [2.05, 4.69) is 33.0 Å². The van der Waals surface area contributed by atoms with Gasteiger partial charge in [-0.1, -0.05) is 39.8 Å². The predicted molar refractivity (Wildman–Crippen MR) is 99.0 cm³/mol. The van der Waals surface area contributed by atoms with Crippen LogP contribution in [0, 0.1) is 12.3 Å². The van der Waals surface area contributed by atoms with Crippen LogP contribution in [0.5, 0.6) is 0 Å². The molecule has 1 heterocycles. The van der Waals surface area contributed by atoms with Gasteiger partial charge in [-0.05, 0) is 42.4 Å². The highest BCUT2D eigenvalue weighted by Crippen LogP contribution is 2.44. The summed E-state index contributed by atoms with van der Waals surface area (Å²) < 4.78 is 5.87. The molecule has 2 N–H and O–H groups in total. The molecule has 1 aromatic carbocycles.